The van der Waals surface area contributed by atoms with Crippen molar-refractivity contribution in [3.63, 3.8) is 0 Å². The fourth-order valence-electron chi connectivity index (χ4n) is 1.02. The van der Waals surface area contributed by atoms with E-state index in [4.69, 9.17) is 5.73 Å². The van der Waals surface area contributed by atoms with Crippen LogP contribution in [0, 0.1) is 0 Å². The van der Waals surface area contributed by atoms with E-state index in [2.05, 4.69) is 11.1 Å². The molecule has 2 rings (SSSR count). The summed E-state index contributed by atoms with van der Waals surface area (Å²) < 4.78 is 1.22. The molecule has 0 atom stereocenters. The maximum atomic E-state index is 5.50. The van der Waals surface area contributed by atoms with Crippen LogP contribution in [0.2, 0.25) is 0 Å². The second kappa shape index (κ2) is 5.40. The second-order valence-corrected chi connectivity index (χ2v) is 3.47. The highest BCUT2D eigenvalue weighted by Crippen LogP contribution is 2.22. The standard InChI is InChI=1S/C8H8N2S.2ClH/c9-5-6-4-7-8(11-6)2-1-3-10-7;;/h1-4H,5,9H2;2*1H. The Morgan fingerprint density at radius 3 is 2.77 bits per heavy atom. The molecule has 0 radical (unpaired) electrons. The highest BCUT2D eigenvalue weighted by Gasteiger charge is 1.98. The lowest BCUT2D eigenvalue weighted by atomic mass is 10.4. The van der Waals surface area contributed by atoms with Crippen molar-refractivity contribution in [1.29, 1.82) is 0 Å². The first-order chi connectivity index (χ1) is 5.40. The Kier molecular flexibility index (Phi) is 5.25. The van der Waals surface area contributed by atoms with E-state index < -0.39 is 0 Å². The number of aromatic nitrogens is 1. The summed E-state index contributed by atoms with van der Waals surface area (Å²) in [6.07, 6.45) is 1.80. The molecule has 0 aromatic carbocycles. The monoisotopic (exact) mass is 236 g/mol. The number of rotatable bonds is 1. The van der Waals surface area contributed by atoms with Crippen LogP contribution in [0.5, 0.6) is 0 Å². The van der Waals surface area contributed by atoms with Gasteiger partial charge in [0.2, 0.25) is 0 Å². The number of fused-ring (bicyclic) bond motifs is 1. The predicted molar refractivity (Wildman–Crippen MR) is 62.0 cm³/mol. The number of hydrogen-bond acceptors (Lipinski definition) is 3. The summed E-state index contributed by atoms with van der Waals surface area (Å²) in [6, 6.07) is 6.05. The minimum absolute atomic E-state index is 0. The SMILES string of the molecule is Cl.Cl.NCc1cc2ncccc2s1. The van der Waals surface area contributed by atoms with Gasteiger partial charge in [-0.25, -0.2) is 0 Å². The highest BCUT2D eigenvalue weighted by atomic mass is 35.5. The van der Waals surface area contributed by atoms with Gasteiger partial charge in [0.15, 0.2) is 0 Å². The lowest BCUT2D eigenvalue weighted by Crippen LogP contribution is -1.91. The van der Waals surface area contributed by atoms with Crippen molar-refractivity contribution < 1.29 is 0 Å². The maximum absolute atomic E-state index is 5.50. The largest absolute Gasteiger partial charge is 0.326 e. The van der Waals surface area contributed by atoms with Crippen LogP contribution in [0.4, 0.5) is 0 Å². The molecule has 2 heterocycles. The van der Waals surface area contributed by atoms with Gasteiger partial charge in [0.25, 0.3) is 0 Å². The van der Waals surface area contributed by atoms with Crippen LogP contribution < -0.4 is 5.73 Å². The molecule has 0 unspecified atom stereocenters. The Bertz CT molecular complexity index is 342. The fraction of sp³-hybridized carbons (Fsp3) is 0.125. The number of nitrogens with two attached hydrogens (primary N) is 1. The van der Waals surface area contributed by atoms with E-state index in [0.29, 0.717) is 6.54 Å². The van der Waals surface area contributed by atoms with E-state index in [-0.39, 0.29) is 24.8 Å². The van der Waals surface area contributed by atoms with Crippen molar-refractivity contribution in [2.75, 3.05) is 0 Å². The third-order valence-corrected chi connectivity index (χ3v) is 2.65. The summed E-state index contributed by atoms with van der Waals surface area (Å²) in [4.78, 5) is 5.40. The first-order valence-corrected chi connectivity index (χ1v) is 4.25. The molecule has 0 aliphatic carbocycles. The lowest BCUT2D eigenvalue weighted by Gasteiger charge is -1.81. The summed E-state index contributed by atoms with van der Waals surface area (Å²) in [5.41, 5.74) is 6.55. The average Bonchev–Trinajstić information content (AvgIpc) is 2.46. The van der Waals surface area contributed by atoms with Gasteiger partial charge in [-0.1, -0.05) is 0 Å². The van der Waals surface area contributed by atoms with Crippen LogP contribution in [0.25, 0.3) is 10.2 Å². The molecule has 0 aliphatic heterocycles. The Balaban J connectivity index is 0.000000720. The molecular weight excluding hydrogens is 227 g/mol. The molecule has 0 bridgehead atoms. The van der Waals surface area contributed by atoms with Gasteiger partial charge in [0.1, 0.15) is 0 Å². The van der Waals surface area contributed by atoms with Crippen molar-refractivity contribution in [2.24, 2.45) is 5.73 Å². The summed E-state index contributed by atoms with van der Waals surface area (Å²) in [7, 11) is 0. The van der Waals surface area contributed by atoms with Crippen molar-refractivity contribution in [3.8, 4) is 0 Å². The quantitative estimate of drug-likeness (QED) is 0.827. The van der Waals surface area contributed by atoms with E-state index in [1.54, 1.807) is 17.5 Å². The first-order valence-electron chi connectivity index (χ1n) is 3.43. The van der Waals surface area contributed by atoms with E-state index in [1.807, 2.05) is 12.1 Å². The molecule has 0 aliphatic rings. The maximum Gasteiger partial charge on any atom is 0.0813 e. The molecular formula is C8H10Cl2N2S. The number of pyridine rings is 1. The molecule has 2 nitrogen and oxygen atoms in total. The van der Waals surface area contributed by atoms with Gasteiger partial charge in [-0.05, 0) is 18.2 Å². The van der Waals surface area contributed by atoms with E-state index in [0.717, 1.165) is 5.52 Å². The molecule has 0 saturated heterocycles. The van der Waals surface area contributed by atoms with Gasteiger partial charge >= 0.3 is 0 Å². The molecule has 5 heteroatoms. The Morgan fingerprint density at radius 2 is 2.15 bits per heavy atom. The molecule has 13 heavy (non-hydrogen) atoms. The van der Waals surface area contributed by atoms with Crippen molar-refractivity contribution >= 4 is 46.4 Å². The third-order valence-electron chi connectivity index (χ3n) is 1.54. The normalized spacial score (nSPS) is 9.00. The zero-order chi connectivity index (χ0) is 7.68. The molecule has 0 amide bonds. The van der Waals surface area contributed by atoms with Crippen LogP contribution in [0.15, 0.2) is 24.4 Å². The minimum atomic E-state index is 0. The van der Waals surface area contributed by atoms with E-state index in [9.17, 15) is 0 Å². The fourth-order valence-corrected chi connectivity index (χ4v) is 1.92. The zero-order valence-electron chi connectivity index (χ0n) is 6.77. The van der Waals surface area contributed by atoms with Gasteiger partial charge in [0.05, 0.1) is 10.2 Å². The molecule has 0 spiro atoms. The highest BCUT2D eigenvalue weighted by molar-refractivity contribution is 7.18. The number of nitrogens with zero attached hydrogens (tertiary/aromatic N) is 1. The predicted octanol–water partition coefficient (Wildman–Crippen LogP) is 2.60. The van der Waals surface area contributed by atoms with Gasteiger partial charge in [-0.3, -0.25) is 4.98 Å². The van der Waals surface area contributed by atoms with E-state index >= 15 is 0 Å². The molecule has 72 valence electrons. The van der Waals surface area contributed by atoms with Crippen LogP contribution >= 0.6 is 36.2 Å². The zero-order valence-corrected chi connectivity index (χ0v) is 9.22. The summed E-state index contributed by atoms with van der Waals surface area (Å²) in [6.45, 7) is 0.612. The molecule has 2 aromatic rings. The van der Waals surface area contributed by atoms with E-state index in [1.165, 1.54) is 9.58 Å². The van der Waals surface area contributed by atoms with Gasteiger partial charge < -0.3 is 5.73 Å². The Hall–Kier alpha value is -0.350. The van der Waals surface area contributed by atoms with Crippen molar-refractivity contribution in [1.82, 2.24) is 4.98 Å². The average molecular weight is 237 g/mol. The van der Waals surface area contributed by atoms with Crippen LogP contribution in [-0.4, -0.2) is 4.98 Å². The van der Waals surface area contributed by atoms with Crippen LogP contribution in [0.1, 0.15) is 4.88 Å². The molecule has 2 N–H and O–H groups in total. The number of thiophene rings is 1. The summed E-state index contributed by atoms with van der Waals surface area (Å²) >= 11 is 1.71. The number of halogens is 2. The minimum Gasteiger partial charge on any atom is -0.326 e. The Labute approximate surface area is 93.0 Å². The first kappa shape index (κ1) is 12.7. The number of hydrogen-bond donors (Lipinski definition) is 1. The summed E-state index contributed by atoms with van der Waals surface area (Å²) in [5, 5.41) is 0. The topological polar surface area (TPSA) is 38.9 Å². The molecule has 2 aromatic heterocycles. The van der Waals surface area contributed by atoms with Gasteiger partial charge in [-0.2, -0.15) is 0 Å². The lowest BCUT2D eigenvalue weighted by molar-refractivity contribution is 1.11. The van der Waals surface area contributed by atoms with Gasteiger partial charge in [0, 0.05) is 17.6 Å². The molecule has 0 saturated carbocycles. The second-order valence-electron chi connectivity index (χ2n) is 2.30. The smallest absolute Gasteiger partial charge is 0.0813 e. The van der Waals surface area contributed by atoms with Crippen LogP contribution in [0.3, 0.4) is 0 Å². The van der Waals surface area contributed by atoms with Crippen LogP contribution in [-0.2, 0) is 6.54 Å². The molecule has 0 fully saturated rings. The van der Waals surface area contributed by atoms with Gasteiger partial charge in [-0.15, -0.1) is 36.2 Å². The Morgan fingerprint density at radius 1 is 1.38 bits per heavy atom. The van der Waals surface area contributed by atoms with Crippen molar-refractivity contribution in [2.45, 2.75) is 6.54 Å². The van der Waals surface area contributed by atoms with Crippen molar-refractivity contribution in [3.05, 3.63) is 29.3 Å². The summed E-state index contributed by atoms with van der Waals surface area (Å²) in [5.74, 6) is 0. The third kappa shape index (κ3) is 2.54.